The van der Waals surface area contributed by atoms with E-state index in [1.54, 1.807) is 30.3 Å². The van der Waals surface area contributed by atoms with E-state index in [-0.39, 0.29) is 4.90 Å². The fraction of sp³-hybridized carbons (Fsp3) is 0.0714. The van der Waals surface area contributed by atoms with E-state index < -0.39 is 10.0 Å². The predicted octanol–water partition coefficient (Wildman–Crippen LogP) is 3.71. The zero-order valence-corrected chi connectivity index (χ0v) is 15.1. The Morgan fingerprint density at radius 3 is 2.00 bits per heavy atom. The molecule has 0 aliphatic heterocycles. The second-order valence-electron chi connectivity index (χ2n) is 4.47. The van der Waals surface area contributed by atoms with Gasteiger partial charge in [0.1, 0.15) is 0 Å². The van der Waals surface area contributed by atoms with Crippen molar-refractivity contribution in [3.8, 4) is 0 Å². The normalized spacial score (nSPS) is 11.1. The monoisotopic (exact) mass is 389 g/mol. The summed E-state index contributed by atoms with van der Waals surface area (Å²) in [7, 11) is -2.10. The molecule has 5 nitrogen and oxygen atoms in total. The van der Waals surface area contributed by atoms with Crippen LogP contribution in [0.2, 0.25) is 10.0 Å². The van der Waals surface area contributed by atoms with Gasteiger partial charge in [-0.15, -0.1) is 0 Å². The summed E-state index contributed by atoms with van der Waals surface area (Å²) in [4.78, 5) is 0.172. The van der Waals surface area contributed by atoms with Crippen molar-refractivity contribution < 1.29 is 8.42 Å². The lowest BCUT2D eigenvalue weighted by Gasteiger charge is -2.11. The summed E-state index contributed by atoms with van der Waals surface area (Å²) < 4.78 is 25.5. The number of nitrogens with one attached hydrogen (secondary N) is 3. The second-order valence-corrected chi connectivity index (χ2v) is 7.64. The molecule has 9 heteroatoms. The van der Waals surface area contributed by atoms with Crippen molar-refractivity contribution in [2.75, 3.05) is 17.7 Å². The van der Waals surface area contributed by atoms with Gasteiger partial charge in [-0.3, -0.25) is 0 Å². The first-order valence-corrected chi connectivity index (χ1v) is 9.02. The van der Waals surface area contributed by atoms with Gasteiger partial charge in [0.15, 0.2) is 5.11 Å². The second kappa shape index (κ2) is 7.46. The molecule has 0 atom stereocenters. The Morgan fingerprint density at radius 2 is 1.48 bits per heavy atom. The van der Waals surface area contributed by atoms with Gasteiger partial charge in [-0.05, 0) is 61.7 Å². The molecule has 2 rings (SSSR count). The number of anilines is 2. The van der Waals surface area contributed by atoms with E-state index in [2.05, 4.69) is 15.4 Å². The highest BCUT2D eigenvalue weighted by Gasteiger charge is 2.10. The molecule has 0 bridgehead atoms. The molecule has 122 valence electrons. The third-order valence-electron chi connectivity index (χ3n) is 2.81. The molecule has 0 saturated heterocycles. The molecule has 2 aromatic rings. The molecule has 0 spiro atoms. The lowest BCUT2D eigenvalue weighted by Crippen LogP contribution is -2.20. The topological polar surface area (TPSA) is 70.2 Å². The van der Waals surface area contributed by atoms with E-state index in [9.17, 15) is 8.42 Å². The Morgan fingerprint density at radius 1 is 0.957 bits per heavy atom. The van der Waals surface area contributed by atoms with Crippen LogP contribution >= 0.6 is 35.4 Å². The average molecular weight is 390 g/mol. The van der Waals surface area contributed by atoms with Crippen LogP contribution in [0.5, 0.6) is 0 Å². The largest absolute Gasteiger partial charge is 0.332 e. The minimum atomic E-state index is -3.46. The van der Waals surface area contributed by atoms with Gasteiger partial charge in [-0.2, -0.15) is 0 Å². The summed E-state index contributed by atoms with van der Waals surface area (Å²) in [6.45, 7) is 0. The molecule has 0 saturated carbocycles. The minimum Gasteiger partial charge on any atom is -0.332 e. The van der Waals surface area contributed by atoms with Crippen LogP contribution in [0.25, 0.3) is 0 Å². The van der Waals surface area contributed by atoms with Crippen LogP contribution in [-0.2, 0) is 10.0 Å². The summed E-state index contributed by atoms with van der Waals surface area (Å²) in [5.41, 5.74) is 1.29. The van der Waals surface area contributed by atoms with Crippen LogP contribution in [0.4, 0.5) is 11.4 Å². The predicted molar refractivity (Wildman–Crippen MR) is 99.0 cm³/mol. The molecule has 0 unspecified atom stereocenters. The Balaban J connectivity index is 2.06. The molecule has 0 aliphatic rings. The molecule has 0 aromatic heterocycles. The van der Waals surface area contributed by atoms with Gasteiger partial charge in [-0.1, -0.05) is 23.2 Å². The molecule has 0 aliphatic carbocycles. The van der Waals surface area contributed by atoms with Crippen LogP contribution < -0.4 is 15.4 Å². The summed E-state index contributed by atoms with van der Waals surface area (Å²) >= 11 is 17.0. The molecule has 3 N–H and O–H groups in total. The average Bonchev–Trinajstić information content (AvgIpc) is 2.46. The number of hydrogen-bond acceptors (Lipinski definition) is 3. The SMILES string of the molecule is CNS(=O)(=O)c1ccc(NC(=S)Nc2cc(Cl)cc(Cl)c2)cc1. The zero-order valence-electron chi connectivity index (χ0n) is 11.9. The summed E-state index contributed by atoms with van der Waals surface area (Å²) in [5.74, 6) is 0. The van der Waals surface area contributed by atoms with Gasteiger partial charge in [-0.25, -0.2) is 13.1 Å². The first-order chi connectivity index (χ1) is 10.8. The number of thiocarbonyl (C=S) groups is 1. The number of benzene rings is 2. The van der Waals surface area contributed by atoms with Gasteiger partial charge >= 0.3 is 0 Å². The number of rotatable bonds is 4. The standard InChI is InChI=1S/C14H13Cl2N3O2S2/c1-17-23(20,21)13-4-2-11(3-5-13)18-14(22)19-12-7-9(15)6-10(16)8-12/h2-8,17H,1H3,(H2,18,19,22). The molecule has 0 heterocycles. The Hall–Kier alpha value is -1.38. The zero-order chi connectivity index (χ0) is 17.0. The molecular formula is C14H13Cl2N3O2S2. The molecule has 0 fully saturated rings. The highest BCUT2D eigenvalue weighted by molar-refractivity contribution is 7.89. The van der Waals surface area contributed by atoms with Crippen molar-refractivity contribution in [3.63, 3.8) is 0 Å². The number of halogens is 2. The van der Waals surface area contributed by atoms with Crippen molar-refractivity contribution in [3.05, 3.63) is 52.5 Å². The molecule has 23 heavy (non-hydrogen) atoms. The van der Waals surface area contributed by atoms with Crippen LogP contribution in [0, 0.1) is 0 Å². The summed E-state index contributed by atoms with van der Waals surface area (Å²) in [5, 5.41) is 7.20. The van der Waals surface area contributed by atoms with Gasteiger partial charge in [0.25, 0.3) is 0 Å². The van der Waals surface area contributed by atoms with Crippen molar-refractivity contribution in [1.29, 1.82) is 0 Å². The van der Waals surface area contributed by atoms with E-state index in [1.165, 1.54) is 19.2 Å². The highest BCUT2D eigenvalue weighted by Crippen LogP contribution is 2.22. The van der Waals surface area contributed by atoms with Crippen molar-refractivity contribution >= 4 is 61.9 Å². The number of sulfonamides is 1. The summed E-state index contributed by atoms with van der Waals surface area (Å²) in [6.07, 6.45) is 0. The Kier molecular flexibility index (Phi) is 5.83. The van der Waals surface area contributed by atoms with Gasteiger partial charge in [0, 0.05) is 21.4 Å². The van der Waals surface area contributed by atoms with Crippen LogP contribution in [0.15, 0.2) is 47.4 Å². The lowest BCUT2D eigenvalue weighted by molar-refractivity contribution is 0.588. The van der Waals surface area contributed by atoms with Crippen LogP contribution in [0.3, 0.4) is 0 Å². The van der Waals surface area contributed by atoms with Crippen molar-refractivity contribution in [1.82, 2.24) is 4.72 Å². The maximum Gasteiger partial charge on any atom is 0.240 e. The van der Waals surface area contributed by atoms with Crippen LogP contribution in [0.1, 0.15) is 0 Å². The highest BCUT2D eigenvalue weighted by atomic mass is 35.5. The third-order valence-corrected chi connectivity index (χ3v) is 4.88. The van der Waals surface area contributed by atoms with E-state index >= 15 is 0 Å². The maximum atomic E-state index is 11.6. The minimum absolute atomic E-state index is 0.172. The van der Waals surface area contributed by atoms with Gasteiger partial charge < -0.3 is 10.6 Å². The number of hydrogen-bond donors (Lipinski definition) is 3. The molecular weight excluding hydrogens is 377 g/mol. The molecule has 2 aromatic carbocycles. The Labute approximate surface area is 150 Å². The van der Waals surface area contributed by atoms with Gasteiger partial charge in [0.2, 0.25) is 10.0 Å². The van der Waals surface area contributed by atoms with E-state index in [0.29, 0.717) is 26.5 Å². The van der Waals surface area contributed by atoms with Crippen molar-refractivity contribution in [2.24, 2.45) is 0 Å². The van der Waals surface area contributed by atoms with Gasteiger partial charge in [0.05, 0.1) is 4.90 Å². The fourth-order valence-electron chi connectivity index (χ4n) is 1.75. The van der Waals surface area contributed by atoms with Crippen LogP contribution in [-0.4, -0.2) is 20.6 Å². The van der Waals surface area contributed by atoms with E-state index in [0.717, 1.165) is 0 Å². The summed E-state index contributed by atoms with van der Waals surface area (Å²) in [6, 6.07) is 11.2. The smallest absolute Gasteiger partial charge is 0.240 e. The first-order valence-electron chi connectivity index (χ1n) is 6.38. The molecule has 0 radical (unpaired) electrons. The Bertz CT molecular complexity index is 804. The third kappa shape index (κ3) is 5.05. The lowest BCUT2D eigenvalue weighted by atomic mass is 10.3. The maximum absolute atomic E-state index is 11.6. The van der Waals surface area contributed by atoms with E-state index in [4.69, 9.17) is 35.4 Å². The molecule has 0 amide bonds. The first kappa shape index (κ1) is 18.0. The van der Waals surface area contributed by atoms with E-state index in [1.807, 2.05) is 0 Å². The fourth-order valence-corrected chi connectivity index (χ4v) is 3.25. The quantitative estimate of drug-likeness (QED) is 0.695. The van der Waals surface area contributed by atoms with Crippen molar-refractivity contribution in [2.45, 2.75) is 4.90 Å².